The molecule has 4 nitrogen and oxygen atoms in total. The first-order chi connectivity index (χ1) is 4.54. The van der Waals surface area contributed by atoms with Crippen molar-refractivity contribution in [2.24, 2.45) is 5.28 Å². The molecule has 0 aliphatic heterocycles. The average molecular weight is 146 g/mol. The average Bonchev–Trinajstić information content (AvgIpc) is 1.89. The third-order valence-electron chi connectivity index (χ3n) is 1.54. The van der Waals surface area contributed by atoms with Crippen LogP contribution in [0, 0.1) is 5.21 Å². The minimum atomic E-state index is -0.462. The van der Waals surface area contributed by atoms with E-state index in [9.17, 15) is 5.21 Å². The Morgan fingerprint density at radius 1 is 1.60 bits per heavy atom. The predicted molar refractivity (Wildman–Crippen MR) is 37.4 cm³/mol. The van der Waals surface area contributed by atoms with Gasteiger partial charge in [-0.05, 0) is 0 Å². The summed E-state index contributed by atoms with van der Waals surface area (Å²) in [5, 5.41) is 14.2. The summed E-state index contributed by atoms with van der Waals surface area (Å²) in [6, 6.07) is 0. The van der Waals surface area contributed by atoms with Gasteiger partial charge in [-0.3, -0.25) is 0 Å². The molecular weight excluding hydrogens is 132 g/mol. The zero-order chi connectivity index (χ0) is 8.20. The Morgan fingerprint density at radius 3 is 2.40 bits per heavy atom. The third-order valence-corrected chi connectivity index (χ3v) is 1.54. The Hall–Kier alpha value is -0.800. The SMILES string of the molecule is CCC(C)(C)/[N+]([O-])=N/OC. The highest BCUT2D eigenvalue weighted by atomic mass is 16.7. The van der Waals surface area contributed by atoms with Crippen molar-refractivity contribution >= 4 is 0 Å². The molecule has 0 aliphatic rings. The molecule has 60 valence electrons. The van der Waals surface area contributed by atoms with Crippen LogP contribution in [0.4, 0.5) is 0 Å². The van der Waals surface area contributed by atoms with Crippen LogP contribution in [0.25, 0.3) is 0 Å². The molecule has 0 aliphatic carbocycles. The number of hydroxylamine groups is 1. The Balaban J connectivity index is 4.17. The summed E-state index contributed by atoms with van der Waals surface area (Å²) in [5.41, 5.74) is -0.462. The van der Waals surface area contributed by atoms with E-state index in [2.05, 4.69) is 10.1 Å². The molecule has 0 radical (unpaired) electrons. The molecule has 0 amide bonds. The van der Waals surface area contributed by atoms with Crippen LogP contribution in [0.2, 0.25) is 0 Å². The Morgan fingerprint density at radius 2 is 2.10 bits per heavy atom. The summed E-state index contributed by atoms with van der Waals surface area (Å²) >= 11 is 0. The number of hydrogen-bond donors (Lipinski definition) is 0. The van der Waals surface area contributed by atoms with Crippen LogP contribution in [0.15, 0.2) is 5.28 Å². The van der Waals surface area contributed by atoms with Gasteiger partial charge >= 0.3 is 0 Å². The van der Waals surface area contributed by atoms with E-state index < -0.39 is 5.54 Å². The first-order valence-corrected chi connectivity index (χ1v) is 3.26. The number of hydrogen-bond acceptors (Lipinski definition) is 3. The van der Waals surface area contributed by atoms with Gasteiger partial charge in [0.15, 0.2) is 10.8 Å². The summed E-state index contributed by atoms with van der Waals surface area (Å²) in [4.78, 5) is 4.91. The minimum Gasteiger partial charge on any atom is -0.597 e. The summed E-state index contributed by atoms with van der Waals surface area (Å²) in [6.07, 6.45) is 0.739. The van der Waals surface area contributed by atoms with Crippen molar-refractivity contribution in [3.05, 3.63) is 5.21 Å². The highest BCUT2D eigenvalue weighted by molar-refractivity contribution is 4.61. The Labute approximate surface area is 61.0 Å². The zero-order valence-corrected chi connectivity index (χ0v) is 6.92. The molecule has 0 unspecified atom stereocenters. The fourth-order valence-corrected chi connectivity index (χ4v) is 0.320. The van der Waals surface area contributed by atoms with Gasteiger partial charge in [-0.25, -0.2) is 0 Å². The second kappa shape index (κ2) is 3.39. The second-order valence-corrected chi connectivity index (χ2v) is 2.70. The molecule has 0 saturated carbocycles. The minimum absolute atomic E-state index is 0.462. The maximum Gasteiger partial charge on any atom is 0.200 e. The van der Waals surface area contributed by atoms with Crippen molar-refractivity contribution < 1.29 is 9.70 Å². The third kappa shape index (κ3) is 2.21. The molecule has 0 rings (SSSR count). The summed E-state index contributed by atoms with van der Waals surface area (Å²) < 4.78 is 0. The zero-order valence-electron chi connectivity index (χ0n) is 6.92. The predicted octanol–water partition coefficient (Wildman–Crippen LogP) is 1.70. The van der Waals surface area contributed by atoms with Gasteiger partial charge in [-0.2, -0.15) is 0 Å². The molecule has 0 aromatic carbocycles. The summed E-state index contributed by atoms with van der Waals surface area (Å²) in [6.45, 7) is 5.54. The highest BCUT2D eigenvalue weighted by Crippen LogP contribution is 2.12. The molecule has 0 heterocycles. The lowest BCUT2D eigenvalue weighted by atomic mass is 10.0. The van der Waals surface area contributed by atoms with E-state index in [1.54, 1.807) is 0 Å². The Bertz CT molecular complexity index is 132. The van der Waals surface area contributed by atoms with Crippen molar-refractivity contribution in [1.29, 1.82) is 0 Å². The molecule has 10 heavy (non-hydrogen) atoms. The van der Waals surface area contributed by atoms with E-state index in [0.29, 0.717) is 4.86 Å². The molecule has 0 bridgehead atoms. The molecule has 0 aromatic rings. The topological polar surface area (TPSA) is 47.7 Å². The van der Waals surface area contributed by atoms with E-state index in [1.807, 2.05) is 20.8 Å². The van der Waals surface area contributed by atoms with Gasteiger partial charge in [0.1, 0.15) is 7.11 Å². The normalized spacial score (nSPS) is 13.4. The molecule has 0 saturated heterocycles. The van der Waals surface area contributed by atoms with Gasteiger partial charge in [-0.15, -0.1) is 0 Å². The van der Waals surface area contributed by atoms with Gasteiger partial charge < -0.3 is 10.0 Å². The molecule has 0 fully saturated rings. The van der Waals surface area contributed by atoms with Crippen LogP contribution in [0.3, 0.4) is 0 Å². The van der Waals surface area contributed by atoms with Crippen LogP contribution in [-0.4, -0.2) is 17.5 Å². The van der Waals surface area contributed by atoms with Crippen LogP contribution in [0.1, 0.15) is 27.2 Å². The number of rotatable bonds is 3. The number of nitrogens with zero attached hydrogens (tertiary/aromatic N) is 2. The van der Waals surface area contributed by atoms with Crippen LogP contribution in [-0.2, 0) is 4.84 Å². The smallest absolute Gasteiger partial charge is 0.200 e. The maximum atomic E-state index is 10.9. The van der Waals surface area contributed by atoms with E-state index in [1.165, 1.54) is 7.11 Å². The van der Waals surface area contributed by atoms with Crippen molar-refractivity contribution in [3.8, 4) is 0 Å². The molecule has 0 N–H and O–H groups in total. The van der Waals surface area contributed by atoms with Crippen molar-refractivity contribution in [2.45, 2.75) is 32.7 Å². The van der Waals surface area contributed by atoms with Crippen LogP contribution in [0.5, 0.6) is 0 Å². The molecule has 0 aromatic heterocycles. The van der Waals surface area contributed by atoms with E-state index in [-0.39, 0.29) is 0 Å². The quantitative estimate of drug-likeness (QED) is 0.345. The van der Waals surface area contributed by atoms with Crippen molar-refractivity contribution in [1.82, 2.24) is 0 Å². The van der Waals surface area contributed by atoms with Gasteiger partial charge in [0.05, 0.1) is 0 Å². The Kier molecular flexibility index (Phi) is 3.12. The van der Waals surface area contributed by atoms with Crippen LogP contribution < -0.4 is 0 Å². The standard InChI is InChI=1S/C6H14N2O2/c1-5-6(2,3)8(9)7-10-4/h5H2,1-4H3/b8-7-. The molecule has 4 heteroatoms. The lowest BCUT2D eigenvalue weighted by Gasteiger charge is -2.16. The highest BCUT2D eigenvalue weighted by Gasteiger charge is 2.26. The van der Waals surface area contributed by atoms with Gasteiger partial charge in [0.2, 0.25) is 0 Å². The second-order valence-electron chi connectivity index (χ2n) is 2.70. The fourth-order valence-electron chi connectivity index (χ4n) is 0.320. The van der Waals surface area contributed by atoms with Gasteiger partial charge in [0, 0.05) is 20.3 Å². The first kappa shape index (κ1) is 9.20. The van der Waals surface area contributed by atoms with Crippen molar-refractivity contribution in [2.75, 3.05) is 7.11 Å². The summed E-state index contributed by atoms with van der Waals surface area (Å²) in [7, 11) is 1.36. The largest absolute Gasteiger partial charge is 0.597 e. The summed E-state index contributed by atoms with van der Waals surface area (Å²) in [5.74, 6) is 0. The maximum absolute atomic E-state index is 10.9. The van der Waals surface area contributed by atoms with Gasteiger partial charge in [-0.1, -0.05) is 11.8 Å². The monoisotopic (exact) mass is 146 g/mol. The fraction of sp³-hybridized carbons (Fsp3) is 1.00. The van der Waals surface area contributed by atoms with E-state index in [4.69, 9.17) is 0 Å². The van der Waals surface area contributed by atoms with Gasteiger partial charge in [0.25, 0.3) is 0 Å². The lowest BCUT2D eigenvalue weighted by molar-refractivity contribution is -0.625. The van der Waals surface area contributed by atoms with Crippen molar-refractivity contribution in [3.63, 3.8) is 0 Å². The molecule has 0 atom stereocenters. The van der Waals surface area contributed by atoms with E-state index >= 15 is 0 Å². The lowest BCUT2D eigenvalue weighted by Crippen LogP contribution is -2.30. The first-order valence-electron chi connectivity index (χ1n) is 3.26. The molecule has 0 spiro atoms. The molecular formula is C6H14N2O2. The van der Waals surface area contributed by atoms with E-state index in [0.717, 1.165) is 6.42 Å². The van der Waals surface area contributed by atoms with Crippen LogP contribution >= 0.6 is 0 Å².